The highest BCUT2D eigenvalue weighted by Crippen LogP contribution is 2.49. The summed E-state index contributed by atoms with van der Waals surface area (Å²) in [5.41, 5.74) is -0.769. The van der Waals surface area contributed by atoms with Crippen molar-refractivity contribution in [2.24, 2.45) is 5.92 Å². The van der Waals surface area contributed by atoms with Crippen LogP contribution in [0.15, 0.2) is 18.2 Å². The molecule has 2 bridgehead atoms. The van der Waals surface area contributed by atoms with Crippen LogP contribution in [0.1, 0.15) is 31.7 Å². The lowest BCUT2D eigenvalue weighted by atomic mass is 9.99. The van der Waals surface area contributed by atoms with Gasteiger partial charge in [0.15, 0.2) is 0 Å². The van der Waals surface area contributed by atoms with E-state index in [-0.39, 0.29) is 29.9 Å². The zero-order valence-electron chi connectivity index (χ0n) is 16.1. The highest BCUT2D eigenvalue weighted by molar-refractivity contribution is 6.22. The Morgan fingerprint density at radius 3 is 2.70 bits per heavy atom. The fourth-order valence-electron chi connectivity index (χ4n) is 5.20. The Morgan fingerprint density at radius 1 is 1.23 bits per heavy atom. The molecular formula is C20H19F2N3O5. The maximum Gasteiger partial charge on any atom is 0.352 e. The number of benzene rings is 1. The van der Waals surface area contributed by atoms with Crippen LogP contribution in [0, 0.1) is 5.92 Å². The number of carbonyl (C=O) groups is 4. The van der Waals surface area contributed by atoms with Crippen LogP contribution in [-0.4, -0.2) is 54.0 Å². The Hall–Kier alpha value is -3.04. The Bertz CT molecular complexity index is 969. The molecule has 3 atom stereocenters. The third-order valence-electron chi connectivity index (χ3n) is 6.44. The average molecular weight is 419 g/mol. The Balaban J connectivity index is 1.50. The maximum atomic E-state index is 14.7. The topological polar surface area (TPSA) is 87.2 Å². The van der Waals surface area contributed by atoms with E-state index in [1.807, 2.05) is 0 Å². The predicted molar refractivity (Wildman–Crippen MR) is 99.0 cm³/mol. The van der Waals surface area contributed by atoms with Gasteiger partial charge in [-0.2, -0.15) is 8.78 Å². The molecule has 1 aliphatic carbocycles. The molecule has 0 radical (unpaired) electrons. The molecule has 4 amide bonds. The first-order valence-electron chi connectivity index (χ1n) is 9.92. The van der Waals surface area contributed by atoms with Gasteiger partial charge in [0.1, 0.15) is 12.6 Å². The van der Waals surface area contributed by atoms with Crippen molar-refractivity contribution in [3.8, 4) is 0 Å². The molecule has 30 heavy (non-hydrogen) atoms. The van der Waals surface area contributed by atoms with Gasteiger partial charge >= 0.3 is 23.8 Å². The minimum absolute atomic E-state index is 0.00279. The van der Waals surface area contributed by atoms with Gasteiger partial charge in [0.2, 0.25) is 0 Å². The van der Waals surface area contributed by atoms with Crippen molar-refractivity contribution in [3.05, 3.63) is 23.8 Å². The van der Waals surface area contributed by atoms with Crippen LogP contribution in [0.25, 0.3) is 0 Å². The number of rotatable bonds is 4. The van der Waals surface area contributed by atoms with E-state index >= 15 is 0 Å². The molecule has 2 saturated heterocycles. The minimum Gasteiger partial charge on any atom is -0.465 e. The summed E-state index contributed by atoms with van der Waals surface area (Å²) in [5, 5.41) is 0. The fraction of sp³-hybridized carbons (Fsp3) is 0.500. The van der Waals surface area contributed by atoms with Crippen molar-refractivity contribution in [2.45, 2.75) is 44.2 Å². The molecule has 3 aliphatic heterocycles. The van der Waals surface area contributed by atoms with Gasteiger partial charge in [-0.1, -0.05) is 0 Å². The SMILES string of the molecule is CCOC(=O)CN1C(=O)C(F)(F)c2cc(N3C(=O)[C@@H]4[C@H]5CC[C@H](C5)N4C3=O)ccc21. The van der Waals surface area contributed by atoms with E-state index in [4.69, 9.17) is 4.74 Å². The van der Waals surface area contributed by atoms with Crippen LogP contribution in [-0.2, 0) is 25.0 Å². The number of urea groups is 1. The molecule has 0 spiro atoms. The molecule has 1 aromatic rings. The normalized spacial score (nSPS) is 28.4. The van der Waals surface area contributed by atoms with Gasteiger partial charge in [-0.15, -0.1) is 0 Å². The second-order valence-electron chi connectivity index (χ2n) is 8.01. The molecule has 1 saturated carbocycles. The van der Waals surface area contributed by atoms with Crippen molar-refractivity contribution in [1.29, 1.82) is 0 Å². The average Bonchev–Trinajstić information content (AvgIpc) is 3.42. The highest BCUT2D eigenvalue weighted by atomic mass is 19.3. The van der Waals surface area contributed by atoms with Gasteiger partial charge < -0.3 is 9.64 Å². The molecule has 158 valence electrons. The third-order valence-corrected chi connectivity index (χ3v) is 6.44. The summed E-state index contributed by atoms with van der Waals surface area (Å²) in [5.74, 6) is -6.53. The molecule has 5 rings (SSSR count). The van der Waals surface area contributed by atoms with Gasteiger partial charge in [-0.3, -0.25) is 19.3 Å². The number of carbonyl (C=O) groups excluding carboxylic acids is 4. The number of nitrogens with zero attached hydrogens (tertiary/aromatic N) is 3. The number of halogens is 2. The van der Waals surface area contributed by atoms with E-state index < -0.39 is 47.9 Å². The molecule has 8 nitrogen and oxygen atoms in total. The number of fused-ring (bicyclic) bond motifs is 6. The first-order valence-corrected chi connectivity index (χ1v) is 9.92. The first kappa shape index (κ1) is 19.0. The molecular weight excluding hydrogens is 400 g/mol. The van der Waals surface area contributed by atoms with Gasteiger partial charge in [0.25, 0.3) is 5.91 Å². The number of hydrogen-bond acceptors (Lipinski definition) is 5. The Labute approximate surface area is 170 Å². The highest BCUT2D eigenvalue weighted by Gasteiger charge is 2.60. The standard InChI is InChI=1S/C20H19F2N3O5/c1-2-30-15(26)9-23-14-6-5-12(8-13(14)20(21,22)18(23)28)25-17(27)16-10-3-4-11(7-10)24(16)19(25)29/h5-6,8,10-11,16H,2-4,7,9H2,1H3/t10-,11+,16-/m0/s1. The van der Waals surface area contributed by atoms with Gasteiger partial charge in [-0.25, -0.2) is 9.69 Å². The van der Waals surface area contributed by atoms with E-state index in [1.165, 1.54) is 12.1 Å². The number of imide groups is 1. The molecule has 1 aromatic carbocycles. The maximum absolute atomic E-state index is 14.7. The van der Waals surface area contributed by atoms with E-state index in [0.717, 1.165) is 30.2 Å². The summed E-state index contributed by atoms with van der Waals surface area (Å²) in [6.45, 7) is 0.984. The summed E-state index contributed by atoms with van der Waals surface area (Å²) < 4.78 is 34.2. The number of hydrogen-bond donors (Lipinski definition) is 0. The van der Waals surface area contributed by atoms with Crippen molar-refractivity contribution >= 4 is 35.2 Å². The summed E-state index contributed by atoms with van der Waals surface area (Å²) in [6.07, 6.45) is 2.52. The van der Waals surface area contributed by atoms with Crippen LogP contribution in [0.3, 0.4) is 0 Å². The van der Waals surface area contributed by atoms with Crippen molar-refractivity contribution in [2.75, 3.05) is 23.0 Å². The molecule has 3 fully saturated rings. The summed E-state index contributed by atoms with van der Waals surface area (Å²) in [7, 11) is 0. The summed E-state index contributed by atoms with van der Waals surface area (Å²) in [6, 6.07) is 2.56. The molecule has 3 heterocycles. The van der Waals surface area contributed by atoms with Crippen LogP contribution in [0.2, 0.25) is 0 Å². The monoisotopic (exact) mass is 419 g/mol. The van der Waals surface area contributed by atoms with E-state index in [9.17, 15) is 28.0 Å². The Kier molecular flexibility index (Phi) is 3.93. The smallest absolute Gasteiger partial charge is 0.352 e. The van der Waals surface area contributed by atoms with E-state index in [2.05, 4.69) is 0 Å². The third kappa shape index (κ3) is 2.36. The number of ether oxygens (including phenoxy) is 1. The van der Waals surface area contributed by atoms with E-state index in [1.54, 1.807) is 11.8 Å². The zero-order valence-corrected chi connectivity index (χ0v) is 16.1. The largest absolute Gasteiger partial charge is 0.465 e. The molecule has 0 unspecified atom stereocenters. The number of alkyl halides is 2. The predicted octanol–water partition coefficient (Wildman–Crippen LogP) is 2.01. The quantitative estimate of drug-likeness (QED) is 0.550. The van der Waals surface area contributed by atoms with Crippen molar-refractivity contribution in [3.63, 3.8) is 0 Å². The van der Waals surface area contributed by atoms with Crippen LogP contribution >= 0.6 is 0 Å². The lowest BCUT2D eigenvalue weighted by Gasteiger charge is -2.25. The van der Waals surface area contributed by atoms with E-state index in [0.29, 0.717) is 4.90 Å². The van der Waals surface area contributed by atoms with Gasteiger partial charge in [-0.05, 0) is 50.3 Å². The first-order chi connectivity index (χ1) is 14.3. The molecule has 4 aliphatic rings. The minimum atomic E-state index is -3.88. The molecule has 0 aromatic heterocycles. The second-order valence-corrected chi connectivity index (χ2v) is 8.01. The van der Waals surface area contributed by atoms with Crippen LogP contribution in [0.4, 0.5) is 25.0 Å². The van der Waals surface area contributed by atoms with Crippen LogP contribution in [0.5, 0.6) is 0 Å². The fourth-order valence-corrected chi connectivity index (χ4v) is 5.20. The summed E-state index contributed by atoms with van der Waals surface area (Å²) >= 11 is 0. The second kappa shape index (κ2) is 6.23. The zero-order chi connectivity index (χ0) is 21.4. The molecule has 10 heteroatoms. The number of amides is 4. The number of anilines is 2. The number of esters is 1. The van der Waals surface area contributed by atoms with Crippen LogP contribution < -0.4 is 9.80 Å². The summed E-state index contributed by atoms with van der Waals surface area (Å²) in [4.78, 5) is 53.0. The molecule has 0 N–H and O–H groups in total. The van der Waals surface area contributed by atoms with Gasteiger partial charge in [0.05, 0.1) is 23.5 Å². The lowest BCUT2D eigenvalue weighted by molar-refractivity contribution is -0.146. The Morgan fingerprint density at radius 2 is 2.00 bits per heavy atom. The lowest BCUT2D eigenvalue weighted by Crippen LogP contribution is -2.40. The van der Waals surface area contributed by atoms with Crippen molar-refractivity contribution < 1.29 is 32.7 Å². The van der Waals surface area contributed by atoms with Gasteiger partial charge in [0, 0.05) is 6.04 Å². The van der Waals surface area contributed by atoms with Crippen molar-refractivity contribution in [1.82, 2.24) is 4.90 Å². The number of piperidine rings is 1.